The van der Waals surface area contributed by atoms with E-state index in [1.54, 1.807) is 0 Å². The quantitative estimate of drug-likeness (QED) is 0.868. The lowest BCUT2D eigenvalue weighted by Gasteiger charge is -2.40. The third kappa shape index (κ3) is 5.43. The predicted octanol–water partition coefficient (Wildman–Crippen LogP) is 2.57. The summed E-state index contributed by atoms with van der Waals surface area (Å²) < 4.78 is 37.4. The van der Waals surface area contributed by atoms with Crippen LogP contribution >= 0.6 is 0 Å². The third-order valence-electron chi connectivity index (χ3n) is 4.06. The molecule has 1 aliphatic heterocycles. The Labute approximate surface area is 121 Å². The number of halogens is 3. The maximum Gasteiger partial charge on any atom is 0.406 e. The minimum atomic E-state index is -4.61. The van der Waals surface area contributed by atoms with E-state index in [0.29, 0.717) is 30.8 Å². The largest absolute Gasteiger partial charge is 0.480 e. The van der Waals surface area contributed by atoms with Gasteiger partial charge in [0.2, 0.25) is 0 Å². The maximum absolute atomic E-state index is 12.5. The molecular formula is C13H21F3N2O3. The van der Waals surface area contributed by atoms with Crippen LogP contribution in [-0.4, -0.2) is 59.3 Å². The van der Waals surface area contributed by atoms with Crippen molar-refractivity contribution >= 4 is 12.0 Å². The second-order valence-electron chi connectivity index (χ2n) is 5.80. The summed E-state index contributed by atoms with van der Waals surface area (Å²) in [5.41, 5.74) is 0.0957. The van der Waals surface area contributed by atoms with Crippen molar-refractivity contribution in [3.05, 3.63) is 0 Å². The van der Waals surface area contributed by atoms with Crippen molar-refractivity contribution in [3.8, 4) is 0 Å². The van der Waals surface area contributed by atoms with Crippen LogP contribution in [0.3, 0.4) is 0 Å². The van der Waals surface area contributed by atoms with Crippen LogP contribution in [0.5, 0.6) is 0 Å². The summed E-state index contributed by atoms with van der Waals surface area (Å²) in [4.78, 5) is 24.4. The number of carboxylic acid groups (broad SMARTS) is 1. The predicted molar refractivity (Wildman–Crippen MR) is 69.9 cm³/mol. The Hall–Kier alpha value is -1.47. The van der Waals surface area contributed by atoms with E-state index in [9.17, 15) is 22.8 Å². The van der Waals surface area contributed by atoms with Crippen molar-refractivity contribution in [2.75, 3.05) is 26.2 Å². The number of carbonyl (C=O) groups is 2. The molecule has 0 saturated carbocycles. The van der Waals surface area contributed by atoms with Gasteiger partial charge in [-0.05, 0) is 18.3 Å². The Morgan fingerprint density at radius 2 is 1.81 bits per heavy atom. The van der Waals surface area contributed by atoms with Gasteiger partial charge in [0.1, 0.15) is 13.1 Å². The molecule has 0 bridgehead atoms. The fourth-order valence-corrected chi connectivity index (χ4v) is 2.36. The Morgan fingerprint density at radius 3 is 2.19 bits per heavy atom. The number of hydrogen-bond donors (Lipinski definition) is 1. The van der Waals surface area contributed by atoms with E-state index < -0.39 is 31.3 Å². The zero-order valence-corrected chi connectivity index (χ0v) is 12.2. The van der Waals surface area contributed by atoms with Gasteiger partial charge in [-0.15, -0.1) is 0 Å². The van der Waals surface area contributed by atoms with E-state index in [4.69, 9.17) is 5.11 Å². The number of urea groups is 1. The van der Waals surface area contributed by atoms with Gasteiger partial charge in [0, 0.05) is 13.1 Å². The van der Waals surface area contributed by atoms with Gasteiger partial charge in [-0.3, -0.25) is 4.79 Å². The van der Waals surface area contributed by atoms with Gasteiger partial charge in [0.25, 0.3) is 0 Å². The zero-order chi connectivity index (χ0) is 16.3. The molecule has 0 aliphatic carbocycles. The van der Waals surface area contributed by atoms with E-state index in [1.807, 2.05) is 6.92 Å². The number of carboxylic acids is 1. The second-order valence-corrected chi connectivity index (χ2v) is 5.80. The first kappa shape index (κ1) is 17.6. The smallest absolute Gasteiger partial charge is 0.406 e. The van der Waals surface area contributed by atoms with Crippen molar-refractivity contribution < 1.29 is 27.9 Å². The van der Waals surface area contributed by atoms with Gasteiger partial charge < -0.3 is 14.9 Å². The second kappa shape index (κ2) is 6.53. The molecule has 122 valence electrons. The standard InChI is InChI=1S/C13H21F3N2O3/c1-3-12(2)4-6-17(7-5-12)11(21)18(8-10(19)20)9-13(14,15)16/h3-9H2,1-2H3,(H,19,20). The molecule has 1 N–H and O–H groups in total. The lowest BCUT2D eigenvalue weighted by molar-refractivity contribution is -0.150. The summed E-state index contributed by atoms with van der Waals surface area (Å²) in [5.74, 6) is -1.46. The number of piperidine rings is 1. The number of likely N-dealkylation sites (tertiary alicyclic amines) is 1. The van der Waals surface area contributed by atoms with Crippen molar-refractivity contribution in [2.24, 2.45) is 5.41 Å². The highest BCUT2D eigenvalue weighted by Crippen LogP contribution is 2.34. The molecule has 0 atom stereocenters. The van der Waals surface area contributed by atoms with Gasteiger partial charge >= 0.3 is 18.2 Å². The number of carbonyl (C=O) groups excluding carboxylic acids is 1. The highest BCUT2D eigenvalue weighted by atomic mass is 19.4. The number of alkyl halides is 3. The highest BCUT2D eigenvalue weighted by molar-refractivity contribution is 5.80. The van der Waals surface area contributed by atoms with Gasteiger partial charge in [0.05, 0.1) is 0 Å². The number of aliphatic carboxylic acids is 1. The minimum Gasteiger partial charge on any atom is -0.480 e. The SMILES string of the molecule is CCC1(C)CCN(C(=O)N(CC(=O)O)CC(F)(F)F)CC1. The lowest BCUT2D eigenvalue weighted by Crippen LogP contribution is -2.52. The summed E-state index contributed by atoms with van der Waals surface area (Å²) in [5, 5.41) is 8.67. The van der Waals surface area contributed by atoms with Gasteiger partial charge in [0.15, 0.2) is 0 Å². The van der Waals surface area contributed by atoms with Crippen molar-refractivity contribution in [3.63, 3.8) is 0 Å². The van der Waals surface area contributed by atoms with Crippen LogP contribution in [0, 0.1) is 5.41 Å². The van der Waals surface area contributed by atoms with Crippen LogP contribution in [0.25, 0.3) is 0 Å². The molecule has 0 aromatic rings. The van der Waals surface area contributed by atoms with Crippen molar-refractivity contribution in [1.82, 2.24) is 9.80 Å². The molecule has 0 aromatic heterocycles. The zero-order valence-electron chi connectivity index (χ0n) is 12.2. The summed E-state index contributed by atoms with van der Waals surface area (Å²) in [6, 6.07) is -0.854. The van der Waals surface area contributed by atoms with E-state index in [0.717, 1.165) is 6.42 Å². The number of nitrogens with zero attached hydrogens (tertiary/aromatic N) is 2. The van der Waals surface area contributed by atoms with Crippen LogP contribution in [0.2, 0.25) is 0 Å². The van der Waals surface area contributed by atoms with Crippen molar-refractivity contribution in [2.45, 2.75) is 39.3 Å². The van der Waals surface area contributed by atoms with E-state index in [-0.39, 0.29) is 5.41 Å². The molecule has 8 heteroatoms. The van der Waals surface area contributed by atoms with Crippen LogP contribution < -0.4 is 0 Å². The molecule has 1 rings (SSSR count). The molecule has 1 aliphatic rings. The van der Waals surface area contributed by atoms with Gasteiger partial charge in [-0.1, -0.05) is 20.3 Å². The molecule has 1 fully saturated rings. The highest BCUT2D eigenvalue weighted by Gasteiger charge is 2.37. The monoisotopic (exact) mass is 310 g/mol. The van der Waals surface area contributed by atoms with Gasteiger partial charge in [-0.2, -0.15) is 13.2 Å². The minimum absolute atomic E-state index is 0.0957. The number of hydrogen-bond acceptors (Lipinski definition) is 2. The summed E-state index contributed by atoms with van der Waals surface area (Å²) in [7, 11) is 0. The Balaban J connectivity index is 2.71. The van der Waals surface area contributed by atoms with Crippen LogP contribution in [0.1, 0.15) is 33.1 Å². The molecule has 21 heavy (non-hydrogen) atoms. The summed E-state index contributed by atoms with van der Waals surface area (Å²) in [6.45, 7) is 2.35. The molecule has 5 nitrogen and oxygen atoms in total. The normalized spacial score (nSPS) is 18.4. The van der Waals surface area contributed by atoms with E-state index in [2.05, 4.69) is 6.92 Å². The molecule has 0 aromatic carbocycles. The average Bonchev–Trinajstić information content (AvgIpc) is 2.36. The van der Waals surface area contributed by atoms with Crippen LogP contribution in [0.4, 0.5) is 18.0 Å². The fraction of sp³-hybridized carbons (Fsp3) is 0.846. The average molecular weight is 310 g/mol. The topological polar surface area (TPSA) is 60.9 Å². The summed E-state index contributed by atoms with van der Waals surface area (Å²) in [6.07, 6.45) is -2.25. The first-order valence-electron chi connectivity index (χ1n) is 6.89. The molecule has 0 spiro atoms. The Bertz CT molecular complexity index is 391. The Morgan fingerprint density at radius 1 is 1.29 bits per heavy atom. The number of rotatable bonds is 4. The maximum atomic E-state index is 12.5. The number of amides is 2. The summed E-state index contributed by atoms with van der Waals surface area (Å²) >= 11 is 0. The first-order chi connectivity index (χ1) is 9.56. The first-order valence-corrected chi connectivity index (χ1v) is 6.89. The van der Waals surface area contributed by atoms with Crippen LogP contribution in [-0.2, 0) is 4.79 Å². The molecule has 1 saturated heterocycles. The third-order valence-corrected chi connectivity index (χ3v) is 4.06. The Kier molecular flexibility index (Phi) is 5.47. The molecule has 0 unspecified atom stereocenters. The lowest BCUT2D eigenvalue weighted by atomic mass is 9.78. The molecule has 2 amide bonds. The van der Waals surface area contributed by atoms with E-state index >= 15 is 0 Å². The molecule has 0 radical (unpaired) electrons. The van der Waals surface area contributed by atoms with E-state index in [1.165, 1.54) is 4.90 Å². The molecular weight excluding hydrogens is 289 g/mol. The fourth-order valence-electron chi connectivity index (χ4n) is 2.36. The van der Waals surface area contributed by atoms with Crippen molar-refractivity contribution in [1.29, 1.82) is 0 Å². The van der Waals surface area contributed by atoms with Crippen LogP contribution in [0.15, 0.2) is 0 Å². The molecule has 1 heterocycles. The van der Waals surface area contributed by atoms with Gasteiger partial charge in [-0.25, -0.2) is 4.79 Å².